The second kappa shape index (κ2) is 5.36. The van der Waals surface area contributed by atoms with Crippen LogP contribution in [0.15, 0.2) is 6.07 Å². The number of alkyl halides is 4. The smallest absolute Gasteiger partial charge is 0.388 e. The second-order valence-corrected chi connectivity index (χ2v) is 3.79. The third-order valence-electron chi connectivity index (χ3n) is 1.97. The Morgan fingerprint density at radius 3 is 2.65 bits per heavy atom. The summed E-state index contributed by atoms with van der Waals surface area (Å²) in [5, 5.41) is 8.86. The van der Waals surface area contributed by atoms with Gasteiger partial charge in [-0.3, -0.25) is 0 Å². The molecule has 0 atom stereocenters. The van der Waals surface area contributed by atoms with Crippen molar-refractivity contribution < 1.29 is 17.9 Å². The molecule has 0 saturated heterocycles. The normalized spacial score (nSPS) is 11.1. The van der Waals surface area contributed by atoms with Crippen molar-refractivity contribution in [2.24, 2.45) is 0 Å². The van der Waals surface area contributed by atoms with Crippen molar-refractivity contribution in [1.29, 1.82) is 5.26 Å². The number of aromatic nitrogens is 1. The van der Waals surface area contributed by atoms with Gasteiger partial charge in [-0.25, -0.2) is 4.98 Å². The highest BCUT2D eigenvalue weighted by Crippen LogP contribution is 2.27. The highest BCUT2D eigenvalue weighted by atomic mass is 79.9. The van der Waals surface area contributed by atoms with E-state index < -0.39 is 12.2 Å². The fraction of sp³-hybridized carbons (Fsp3) is 0.400. The molecule has 0 fully saturated rings. The summed E-state index contributed by atoms with van der Waals surface area (Å²) in [7, 11) is 0. The number of hydrogen-bond donors (Lipinski definition) is 0. The first-order valence-electron chi connectivity index (χ1n) is 4.55. The third-order valence-corrected chi connectivity index (χ3v) is 2.50. The van der Waals surface area contributed by atoms with Crippen LogP contribution in [-0.4, -0.2) is 11.3 Å². The van der Waals surface area contributed by atoms with Crippen LogP contribution in [-0.2, 0) is 11.8 Å². The van der Waals surface area contributed by atoms with Crippen molar-refractivity contribution in [1.82, 2.24) is 4.98 Å². The highest BCUT2D eigenvalue weighted by Gasteiger charge is 2.33. The zero-order valence-corrected chi connectivity index (χ0v) is 10.4. The van der Waals surface area contributed by atoms with Crippen LogP contribution < -0.4 is 4.74 Å². The largest absolute Gasteiger partial charge is 0.574 e. The first-order chi connectivity index (χ1) is 7.87. The van der Waals surface area contributed by atoms with Crippen LogP contribution in [0.4, 0.5) is 13.2 Å². The number of ether oxygens (including phenoxy) is 1. The Hall–Kier alpha value is -1.29. The molecule has 92 valence electrons. The first-order valence-corrected chi connectivity index (χ1v) is 5.67. The lowest BCUT2D eigenvalue weighted by molar-refractivity contribution is -0.276. The van der Waals surface area contributed by atoms with Gasteiger partial charge in [0.15, 0.2) is 0 Å². The number of hydrogen-bond acceptors (Lipinski definition) is 3. The van der Waals surface area contributed by atoms with Gasteiger partial charge in [0.25, 0.3) is 0 Å². The van der Waals surface area contributed by atoms with Crippen LogP contribution in [0.25, 0.3) is 0 Å². The molecule has 3 nitrogen and oxygen atoms in total. The quantitative estimate of drug-likeness (QED) is 0.805. The number of pyridine rings is 1. The van der Waals surface area contributed by atoms with Crippen LogP contribution in [0, 0.1) is 18.3 Å². The molecule has 1 aromatic heterocycles. The van der Waals surface area contributed by atoms with E-state index in [0.717, 1.165) is 0 Å². The topological polar surface area (TPSA) is 45.9 Å². The molecule has 0 aliphatic rings. The van der Waals surface area contributed by atoms with E-state index in [-0.39, 0.29) is 12.0 Å². The zero-order chi connectivity index (χ0) is 13.1. The Bertz CT molecular complexity index is 454. The average molecular weight is 309 g/mol. The van der Waals surface area contributed by atoms with Crippen LogP contribution >= 0.6 is 15.9 Å². The van der Waals surface area contributed by atoms with E-state index in [4.69, 9.17) is 5.26 Å². The molecule has 0 amide bonds. The number of nitriles is 1. The minimum atomic E-state index is -4.81. The maximum absolute atomic E-state index is 12.1. The molecule has 17 heavy (non-hydrogen) atoms. The van der Waals surface area contributed by atoms with Crippen molar-refractivity contribution in [2.75, 3.05) is 0 Å². The van der Waals surface area contributed by atoms with Gasteiger partial charge >= 0.3 is 6.36 Å². The predicted molar refractivity (Wildman–Crippen MR) is 57.6 cm³/mol. The number of halogens is 4. The van der Waals surface area contributed by atoms with Gasteiger partial charge in [0.2, 0.25) is 5.88 Å². The Morgan fingerprint density at radius 1 is 1.53 bits per heavy atom. The monoisotopic (exact) mass is 308 g/mol. The zero-order valence-electron chi connectivity index (χ0n) is 8.81. The molecule has 1 heterocycles. The van der Waals surface area contributed by atoms with E-state index >= 15 is 0 Å². The summed E-state index contributed by atoms with van der Waals surface area (Å²) >= 11 is 3.12. The summed E-state index contributed by atoms with van der Waals surface area (Å²) in [6, 6.07) is 3.26. The van der Waals surface area contributed by atoms with E-state index in [0.29, 0.717) is 16.6 Å². The molecular weight excluding hydrogens is 301 g/mol. The van der Waals surface area contributed by atoms with Gasteiger partial charge < -0.3 is 4.74 Å². The number of nitrogens with zero attached hydrogens (tertiary/aromatic N) is 2. The highest BCUT2D eigenvalue weighted by molar-refractivity contribution is 9.08. The maximum atomic E-state index is 12.1. The Morgan fingerprint density at radius 2 is 2.18 bits per heavy atom. The first kappa shape index (κ1) is 13.8. The molecular formula is C10H8BrF3N2O. The molecule has 7 heteroatoms. The van der Waals surface area contributed by atoms with Crippen molar-refractivity contribution in [3.05, 3.63) is 22.9 Å². The minimum Gasteiger partial charge on any atom is -0.388 e. The molecule has 0 aromatic carbocycles. The van der Waals surface area contributed by atoms with Gasteiger partial charge in [0.1, 0.15) is 0 Å². The summed E-state index contributed by atoms with van der Waals surface area (Å²) in [6.45, 7) is 1.71. The summed E-state index contributed by atoms with van der Waals surface area (Å²) in [5.74, 6) is -0.556. The molecule has 0 N–H and O–H groups in total. The number of aryl methyl sites for hydroxylation is 1. The van der Waals surface area contributed by atoms with Crippen molar-refractivity contribution in [3.8, 4) is 11.9 Å². The summed E-state index contributed by atoms with van der Waals surface area (Å²) in [6.07, 6.45) is -4.99. The Balaban J connectivity index is 3.20. The molecule has 0 radical (unpaired) electrons. The van der Waals surface area contributed by atoms with E-state index in [1.807, 2.05) is 0 Å². The molecule has 0 aliphatic heterocycles. The molecule has 0 aliphatic carbocycles. The van der Waals surface area contributed by atoms with Gasteiger partial charge in [0, 0.05) is 10.9 Å². The van der Waals surface area contributed by atoms with E-state index in [9.17, 15) is 13.2 Å². The average Bonchev–Trinajstić information content (AvgIpc) is 2.20. The molecule has 0 unspecified atom stereocenters. The SMILES string of the molecule is Cc1cc(CC#N)c(OC(F)(F)F)nc1CBr. The van der Waals surface area contributed by atoms with E-state index in [2.05, 4.69) is 25.7 Å². The predicted octanol–water partition coefficient (Wildman–Crippen LogP) is 3.25. The second-order valence-electron chi connectivity index (χ2n) is 3.23. The third kappa shape index (κ3) is 3.89. The molecule has 0 spiro atoms. The lowest BCUT2D eigenvalue weighted by Crippen LogP contribution is -2.19. The van der Waals surface area contributed by atoms with Crippen molar-refractivity contribution in [3.63, 3.8) is 0 Å². The summed E-state index contributed by atoms with van der Waals surface area (Å²) < 4.78 is 40.2. The van der Waals surface area contributed by atoms with E-state index in [1.165, 1.54) is 6.07 Å². The molecule has 0 bridgehead atoms. The Labute approximate surface area is 104 Å². The van der Waals surface area contributed by atoms with Crippen LogP contribution in [0.2, 0.25) is 0 Å². The standard InChI is InChI=1S/C10H8BrF3N2O/c1-6-4-7(2-3-15)9(16-8(6)5-11)17-10(12,13)14/h4H,2,5H2,1H3. The fourth-order valence-electron chi connectivity index (χ4n) is 1.23. The van der Waals surface area contributed by atoms with Crippen LogP contribution in [0.3, 0.4) is 0 Å². The van der Waals surface area contributed by atoms with Crippen molar-refractivity contribution >= 4 is 15.9 Å². The molecule has 0 saturated carbocycles. The van der Waals surface area contributed by atoms with Gasteiger partial charge in [-0.15, -0.1) is 13.2 Å². The van der Waals surface area contributed by atoms with Crippen LogP contribution in [0.5, 0.6) is 5.88 Å². The van der Waals surface area contributed by atoms with Crippen LogP contribution in [0.1, 0.15) is 16.8 Å². The van der Waals surface area contributed by atoms with Gasteiger partial charge in [-0.2, -0.15) is 5.26 Å². The molecule has 1 aromatic rings. The van der Waals surface area contributed by atoms with Gasteiger partial charge in [-0.05, 0) is 18.6 Å². The summed E-state index contributed by atoms with van der Waals surface area (Å²) in [4.78, 5) is 3.75. The number of rotatable bonds is 3. The van der Waals surface area contributed by atoms with E-state index in [1.54, 1.807) is 13.0 Å². The van der Waals surface area contributed by atoms with Crippen molar-refractivity contribution in [2.45, 2.75) is 25.0 Å². The lowest BCUT2D eigenvalue weighted by Gasteiger charge is -2.13. The van der Waals surface area contributed by atoms with Gasteiger partial charge in [-0.1, -0.05) is 15.9 Å². The van der Waals surface area contributed by atoms with Gasteiger partial charge in [0.05, 0.1) is 18.2 Å². The maximum Gasteiger partial charge on any atom is 0.574 e. The molecule has 1 rings (SSSR count). The Kier molecular flexibility index (Phi) is 4.34. The lowest BCUT2D eigenvalue weighted by atomic mass is 10.1. The summed E-state index contributed by atoms with van der Waals surface area (Å²) in [5.41, 5.74) is 1.29. The fourth-order valence-corrected chi connectivity index (χ4v) is 1.80. The minimum absolute atomic E-state index is 0.132.